The van der Waals surface area contributed by atoms with E-state index in [0.717, 1.165) is 24.2 Å². The fraction of sp³-hybridized carbons (Fsp3) is 0.250. The topological polar surface area (TPSA) is 66.0 Å². The molecule has 0 atom stereocenters. The molecule has 20 heavy (non-hydrogen) atoms. The van der Waals surface area contributed by atoms with E-state index in [-0.39, 0.29) is 5.84 Å². The summed E-state index contributed by atoms with van der Waals surface area (Å²) < 4.78 is 0. The molecule has 0 fully saturated rings. The van der Waals surface area contributed by atoms with Crippen LogP contribution < -0.4 is 5.73 Å². The molecule has 0 unspecified atom stereocenters. The van der Waals surface area contributed by atoms with Crippen LogP contribution in [0.15, 0.2) is 42.7 Å². The van der Waals surface area contributed by atoms with Gasteiger partial charge in [-0.05, 0) is 36.7 Å². The number of nitrogens with two attached hydrogens (primary N) is 1. The molecule has 0 aliphatic carbocycles. The second-order valence-corrected chi connectivity index (χ2v) is 5.16. The van der Waals surface area contributed by atoms with Crippen molar-refractivity contribution in [2.45, 2.75) is 20.0 Å². The van der Waals surface area contributed by atoms with Gasteiger partial charge in [-0.3, -0.25) is 15.3 Å². The molecule has 4 heteroatoms. The smallest absolute Gasteiger partial charge is 0.122 e. The van der Waals surface area contributed by atoms with Crippen molar-refractivity contribution in [2.75, 3.05) is 7.05 Å². The highest BCUT2D eigenvalue weighted by molar-refractivity contribution is 5.95. The van der Waals surface area contributed by atoms with Crippen LogP contribution in [-0.2, 0) is 13.1 Å². The number of aromatic nitrogens is 1. The first-order valence-corrected chi connectivity index (χ1v) is 6.57. The van der Waals surface area contributed by atoms with Gasteiger partial charge in [-0.25, -0.2) is 0 Å². The third-order valence-electron chi connectivity index (χ3n) is 3.07. The summed E-state index contributed by atoms with van der Waals surface area (Å²) >= 11 is 0. The molecular weight excluding hydrogens is 248 g/mol. The van der Waals surface area contributed by atoms with Crippen LogP contribution in [0, 0.1) is 12.3 Å². The second-order valence-electron chi connectivity index (χ2n) is 5.16. The first kappa shape index (κ1) is 14.2. The Labute approximate surface area is 119 Å². The molecule has 0 amide bonds. The number of amidine groups is 1. The van der Waals surface area contributed by atoms with E-state index in [9.17, 15) is 0 Å². The van der Waals surface area contributed by atoms with Gasteiger partial charge >= 0.3 is 0 Å². The number of pyridine rings is 1. The van der Waals surface area contributed by atoms with E-state index in [1.807, 2.05) is 37.5 Å². The maximum atomic E-state index is 7.47. The maximum Gasteiger partial charge on any atom is 0.122 e. The van der Waals surface area contributed by atoms with Crippen LogP contribution >= 0.6 is 0 Å². The molecule has 0 aliphatic heterocycles. The highest BCUT2D eigenvalue weighted by Crippen LogP contribution is 2.10. The first-order chi connectivity index (χ1) is 9.54. The Hall–Kier alpha value is -2.20. The van der Waals surface area contributed by atoms with Crippen LogP contribution in [0.2, 0.25) is 0 Å². The molecule has 2 aromatic rings. The third kappa shape index (κ3) is 3.90. The molecule has 1 aromatic carbocycles. The molecule has 0 aliphatic rings. The van der Waals surface area contributed by atoms with Crippen LogP contribution in [0.5, 0.6) is 0 Å². The van der Waals surface area contributed by atoms with Gasteiger partial charge in [0.1, 0.15) is 5.84 Å². The van der Waals surface area contributed by atoms with E-state index in [4.69, 9.17) is 11.1 Å². The molecule has 0 saturated heterocycles. The molecule has 0 saturated carbocycles. The predicted octanol–water partition coefficient (Wildman–Crippen LogP) is 2.31. The summed E-state index contributed by atoms with van der Waals surface area (Å²) in [6.07, 6.45) is 3.76. The van der Waals surface area contributed by atoms with E-state index in [1.54, 1.807) is 0 Å². The Kier molecular flexibility index (Phi) is 4.48. The summed E-state index contributed by atoms with van der Waals surface area (Å²) in [6.45, 7) is 3.71. The Morgan fingerprint density at radius 2 is 1.95 bits per heavy atom. The summed E-state index contributed by atoms with van der Waals surface area (Å²) in [5, 5.41) is 7.47. The zero-order valence-corrected chi connectivity index (χ0v) is 11.9. The van der Waals surface area contributed by atoms with E-state index in [1.165, 1.54) is 11.1 Å². The molecule has 1 aromatic heterocycles. The number of aryl methyl sites for hydroxylation is 1. The number of benzene rings is 1. The summed E-state index contributed by atoms with van der Waals surface area (Å²) in [5.74, 6) is 0.109. The zero-order chi connectivity index (χ0) is 14.5. The van der Waals surface area contributed by atoms with Crippen LogP contribution in [0.3, 0.4) is 0 Å². The van der Waals surface area contributed by atoms with Crippen molar-refractivity contribution >= 4 is 5.84 Å². The summed E-state index contributed by atoms with van der Waals surface area (Å²) in [7, 11) is 2.07. The summed E-state index contributed by atoms with van der Waals surface area (Å²) in [5.41, 5.74) is 9.82. The number of nitrogen functional groups attached to an aromatic ring is 1. The molecule has 0 spiro atoms. The third-order valence-corrected chi connectivity index (χ3v) is 3.07. The van der Waals surface area contributed by atoms with Crippen molar-refractivity contribution in [1.29, 1.82) is 5.41 Å². The standard InChI is InChI=1S/C16H20N4/c1-12-6-14(9-19-8-12)11-20(2)10-13-4-3-5-15(7-13)16(17)18/h3-9H,10-11H2,1-2H3,(H3,17,18). The van der Waals surface area contributed by atoms with Gasteiger partial charge in [0, 0.05) is 31.0 Å². The molecule has 3 N–H and O–H groups in total. The van der Waals surface area contributed by atoms with E-state index < -0.39 is 0 Å². The maximum absolute atomic E-state index is 7.47. The van der Waals surface area contributed by atoms with Crippen molar-refractivity contribution in [2.24, 2.45) is 5.73 Å². The number of hydrogen-bond donors (Lipinski definition) is 2. The second kappa shape index (κ2) is 6.30. The van der Waals surface area contributed by atoms with Gasteiger partial charge in [0.15, 0.2) is 0 Å². The number of rotatable bonds is 5. The normalized spacial score (nSPS) is 10.8. The molecule has 2 rings (SSSR count). The quantitative estimate of drug-likeness (QED) is 0.646. The number of nitrogens with one attached hydrogen (secondary N) is 1. The lowest BCUT2D eigenvalue weighted by molar-refractivity contribution is 0.318. The van der Waals surface area contributed by atoms with Gasteiger partial charge in [-0.15, -0.1) is 0 Å². The first-order valence-electron chi connectivity index (χ1n) is 6.57. The van der Waals surface area contributed by atoms with Gasteiger partial charge in [0.05, 0.1) is 0 Å². The van der Waals surface area contributed by atoms with Crippen LogP contribution in [0.1, 0.15) is 22.3 Å². The lowest BCUT2D eigenvalue weighted by Crippen LogP contribution is -2.18. The fourth-order valence-corrected chi connectivity index (χ4v) is 2.22. The monoisotopic (exact) mass is 268 g/mol. The largest absolute Gasteiger partial charge is 0.384 e. The summed E-state index contributed by atoms with van der Waals surface area (Å²) in [6, 6.07) is 9.96. The lowest BCUT2D eigenvalue weighted by Gasteiger charge is -2.17. The van der Waals surface area contributed by atoms with Crippen molar-refractivity contribution in [3.63, 3.8) is 0 Å². The average Bonchev–Trinajstić information content (AvgIpc) is 2.38. The van der Waals surface area contributed by atoms with Crippen molar-refractivity contribution in [3.05, 3.63) is 65.0 Å². The van der Waals surface area contributed by atoms with E-state index in [2.05, 4.69) is 29.1 Å². The van der Waals surface area contributed by atoms with Gasteiger partial charge in [-0.1, -0.05) is 24.3 Å². The van der Waals surface area contributed by atoms with Gasteiger partial charge in [0.25, 0.3) is 0 Å². The van der Waals surface area contributed by atoms with Crippen molar-refractivity contribution in [1.82, 2.24) is 9.88 Å². The van der Waals surface area contributed by atoms with Gasteiger partial charge < -0.3 is 5.73 Å². The molecule has 4 nitrogen and oxygen atoms in total. The highest BCUT2D eigenvalue weighted by Gasteiger charge is 2.04. The lowest BCUT2D eigenvalue weighted by atomic mass is 10.1. The summed E-state index contributed by atoms with van der Waals surface area (Å²) in [4.78, 5) is 6.43. The number of hydrogen-bond acceptors (Lipinski definition) is 3. The minimum Gasteiger partial charge on any atom is -0.384 e. The fourth-order valence-electron chi connectivity index (χ4n) is 2.22. The van der Waals surface area contributed by atoms with Crippen LogP contribution in [0.4, 0.5) is 0 Å². The minimum atomic E-state index is 0.109. The Morgan fingerprint density at radius 1 is 1.20 bits per heavy atom. The Morgan fingerprint density at radius 3 is 2.65 bits per heavy atom. The van der Waals surface area contributed by atoms with Gasteiger partial charge in [-0.2, -0.15) is 0 Å². The van der Waals surface area contributed by atoms with Crippen molar-refractivity contribution < 1.29 is 0 Å². The SMILES string of the molecule is Cc1cncc(CN(C)Cc2cccc(C(=N)N)c2)c1. The molecule has 0 radical (unpaired) electrons. The predicted molar refractivity (Wildman–Crippen MR) is 81.6 cm³/mol. The number of nitrogens with zero attached hydrogens (tertiary/aromatic N) is 2. The van der Waals surface area contributed by atoms with Crippen molar-refractivity contribution in [3.8, 4) is 0 Å². The molecule has 0 bridgehead atoms. The van der Waals surface area contributed by atoms with E-state index >= 15 is 0 Å². The Bertz CT molecular complexity index is 607. The highest BCUT2D eigenvalue weighted by atomic mass is 15.1. The van der Waals surface area contributed by atoms with Crippen LogP contribution in [0.25, 0.3) is 0 Å². The Balaban J connectivity index is 2.02. The van der Waals surface area contributed by atoms with E-state index in [0.29, 0.717) is 0 Å². The molecule has 104 valence electrons. The van der Waals surface area contributed by atoms with Crippen LogP contribution in [-0.4, -0.2) is 22.8 Å². The minimum absolute atomic E-state index is 0.109. The molecular formula is C16H20N4. The zero-order valence-electron chi connectivity index (χ0n) is 11.9. The molecule has 1 heterocycles. The van der Waals surface area contributed by atoms with Gasteiger partial charge in [0.2, 0.25) is 0 Å². The average molecular weight is 268 g/mol.